The molecule has 0 unspecified atom stereocenters. The summed E-state index contributed by atoms with van der Waals surface area (Å²) in [6.07, 6.45) is 1.51. The average Bonchev–Trinajstić information content (AvgIpc) is 2.31. The van der Waals surface area contributed by atoms with Crippen molar-refractivity contribution in [2.75, 3.05) is 5.88 Å². The number of nitrogens with zero attached hydrogens (tertiary/aromatic N) is 2. The molecule has 16 heavy (non-hydrogen) atoms. The zero-order valence-corrected chi connectivity index (χ0v) is 9.45. The smallest absolute Gasteiger partial charge is 0.260 e. The second kappa shape index (κ2) is 4.38. The number of halogens is 1. The number of fused-ring (bicyclic) bond motifs is 1. The quantitative estimate of drug-likeness (QED) is 0.510. The van der Waals surface area contributed by atoms with E-state index >= 15 is 0 Å². The van der Waals surface area contributed by atoms with Crippen molar-refractivity contribution in [3.05, 3.63) is 40.4 Å². The third-order valence-electron chi connectivity index (χ3n) is 2.22. The summed E-state index contributed by atoms with van der Waals surface area (Å²) in [5.41, 5.74) is 1.39. The number of benzene rings is 1. The summed E-state index contributed by atoms with van der Waals surface area (Å²) >= 11 is 5.47. The van der Waals surface area contributed by atoms with Gasteiger partial charge in [-0.25, -0.2) is 4.98 Å². The van der Waals surface area contributed by atoms with E-state index in [2.05, 4.69) is 16.8 Å². The van der Waals surface area contributed by atoms with Crippen LogP contribution in [-0.2, 0) is 7.05 Å². The molecule has 2 rings (SSSR count). The number of rotatable bonds is 0. The molecule has 0 aliphatic heterocycles. The van der Waals surface area contributed by atoms with Crippen LogP contribution in [0.2, 0.25) is 0 Å². The van der Waals surface area contributed by atoms with Gasteiger partial charge in [0, 0.05) is 12.6 Å². The molecule has 3 nitrogen and oxygen atoms in total. The highest BCUT2D eigenvalue weighted by Gasteiger charge is 2.01. The molecule has 0 bridgehead atoms. The van der Waals surface area contributed by atoms with E-state index in [4.69, 9.17) is 11.6 Å². The van der Waals surface area contributed by atoms with Crippen LogP contribution >= 0.6 is 11.6 Å². The van der Waals surface area contributed by atoms with E-state index in [0.717, 1.165) is 5.56 Å². The maximum absolute atomic E-state index is 11.8. The molecular formula is C12H9ClN2O. The SMILES string of the molecule is Cn1cnc2ccc(C#CCCl)cc2c1=O. The molecule has 0 amide bonds. The molecule has 4 heteroatoms. The van der Waals surface area contributed by atoms with Crippen molar-refractivity contribution in [1.82, 2.24) is 9.55 Å². The Morgan fingerprint density at radius 2 is 2.31 bits per heavy atom. The van der Waals surface area contributed by atoms with Crippen LogP contribution in [0.25, 0.3) is 10.9 Å². The van der Waals surface area contributed by atoms with Crippen LogP contribution in [-0.4, -0.2) is 15.4 Å². The lowest BCUT2D eigenvalue weighted by Gasteiger charge is -2.00. The Hall–Kier alpha value is -1.79. The number of hydrogen-bond acceptors (Lipinski definition) is 2. The predicted molar refractivity (Wildman–Crippen MR) is 64.6 cm³/mol. The first-order valence-corrected chi connectivity index (χ1v) is 5.26. The van der Waals surface area contributed by atoms with Crippen molar-refractivity contribution in [2.45, 2.75) is 0 Å². The van der Waals surface area contributed by atoms with Gasteiger partial charge < -0.3 is 4.57 Å². The molecule has 0 atom stereocenters. The highest BCUT2D eigenvalue weighted by molar-refractivity contribution is 6.19. The van der Waals surface area contributed by atoms with Gasteiger partial charge in [0.1, 0.15) is 0 Å². The van der Waals surface area contributed by atoms with Gasteiger partial charge in [-0.2, -0.15) is 0 Å². The topological polar surface area (TPSA) is 34.9 Å². The zero-order chi connectivity index (χ0) is 11.5. The van der Waals surface area contributed by atoms with E-state index in [0.29, 0.717) is 10.9 Å². The van der Waals surface area contributed by atoms with Gasteiger partial charge >= 0.3 is 0 Å². The summed E-state index contributed by atoms with van der Waals surface area (Å²) in [7, 11) is 1.67. The molecule has 0 aliphatic rings. The Labute approximate surface area is 97.7 Å². The van der Waals surface area contributed by atoms with Crippen LogP contribution < -0.4 is 5.56 Å². The molecule has 0 saturated heterocycles. The number of aryl methyl sites for hydroxylation is 1. The first-order chi connectivity index (χ1) is 7.72. The Bertz CT molecular complexity index is 649. The molecule has 0 fully saturated rings. The van der Waals surface area contributed by atoms with Crippen LogP contribution in [0, 0.1) is 11.8 Å². The summed E-state index contributed by atoms with van der Waals surface area (Å²) in [5, 5.41) is 0.575. The second-order valence-electron chi connectivity index (χ2n) is 3.33. The molecular weight excluding hydrogens is 224 g/mol. The molecule has 0 aliphatic carbocycles. The van der Waals surface area contributed by atoms with E-state index < -0.39 is 0 Å². The molecule has 0 saturated carbocycles. The van der Waals surface area contributed by atoms with Crippen LogP contribution in [0.4, 0.5) is 0 Å². The minimum Gasteiger partial charge on any atom is -0.302 e. The van der Waals surface area contributed by atoms with Crippen molar-refractivity contribution in [3.63, 3.8) is 0 Å². The van der Waals surface area contributed by atoms with Gasteiger partial charge in [-0.3, -0.25) is 4.79 Å². The second-order valence-corrected chi connectivity index (χ2v) is 3.60. The third kappa shape index (κ3) is 1.93. The fourth-order valence-corrected chi connectivity index (χ4v) is 1.49. The van der Waals surface area contributed by atoms with Gasteiger partial charge in [-0.15, -0.1) is 11.6 Å². The molecule has 2 aromatic rings. The molecule has 0 radical (unpaired) electrons. The summed E-state index contributed by atoms with van der Waals surface area (Å²) < 4.78 is 1.45. The number of hydrogen-bond donors (Lipinski definition) is 0. The predicted octanol–water partition coefficient (Wildman–Crippen LogP) is 1.52. The van der Waals surface area contributed by atoms with Crippen molar-refractivity contribution < 1.29 is 0 Å². The number of alkyl halides is 1. The van der Waals surface area contributed by atoms with Crippen LogP contribution in [0.5, 0.6) is 0 Å². The minimum atomic E-state index is -0.0699. The van der Waals surface area contributed by atoms with E-state index in [9.17, 15) is 4.79 Å². The van der Waals surface area contributed by atoms with Gasteiger partial charge in [0.05, 0.1) is 23.1 Å². The highest BCUT2D eigenvalue weighted by Crippen LogP contribution is 2.08. The van der Waals surface area contributed by atoms with E-state index in [1.165, 1.54) is 10.9 Å². The Morgan fingerprint density at radius 1 is 1.50 bits per heavy atom. The molecule has 0 spiro atoms. The van der Waals surface area contributed by atoms with Crippen molar-refractivity contribution in [3.8, 4) is 11.8 Å². The average molecular weight is 233 g/mol. The fraction of sp³-hybridized carbons (Fsp3) is 0.167. The van der Waals surface area contributed by atoms with Gasteiger partial charge in [0.15, 0.2) is 0 Å². The standard InChI is InChI=1S/C12H9ClN2O/c1-15-8-14-11-5-4-9(3-2-6-13)7-10(11)12(15)16/h4-5,7-8H,6H2,1H3. The minimum absolute atomic E-state index is 0.0699. The maximum atomic E-state index is 11.8. The van der Waals surface area contributed by atoms with Gasteiger partial charge in [0.25, 0.3) is 5.56 Å². The largest absolute Gasteiger partial charge is 0.302 e. The summed E-state index contributed by atoms with van der Waals surface area (Å²) in [4.78, 5) is 16.0. The van der Waals surface area contributed by atoms with E-state index in [-0.39, 0.29) is 11.4 Å². The monoisotopic (exact) mass is 232 g/mol. The highest BCUT2D eigenvalue weighted by atomic mass is 35.5. The first kappa shape index (κ1) is 10.7. The van der Waals surface area contributed by atoms with Crippen molar-refractivity contribution in [1.29, 1.82) is 0 Å². The Balaban J connectivity index is 2.69. The van der Waals surface area contributed by atoms with Crippen LogP contribution in [0.1, 0.15) is 5.56 Å². The first-order valence-electron chi connectivity index (χ1n) is 4.72. The molecule has 1 aromatic heterocycles. The van der Waals surface area contributed by atoms with Crippen LogP contribution in [0.15, 0.2) is 29.3 Å². The van der Waals surface area contributed by atoms with Crippen molar-refractivity contribution >= 4 is 22.5 Å². The summed E-state index contributed by atoms with van der Waals surface area (Å²) in [5.74, 6) is 5.91. The molecule has 1 aromatic carbocycles. The molecule has 0 N–H and O–H groups in total. The summed E-state index contributed by atoms with van der Waals surface area (Å²) in [6, 6.07) is 5.35. The Morgan fingerprint density at radius 3 is 3.06 bits per heavy atom. The van der Waals surface area contributed by atoms with Crippen molar-refractivity contribution in [2.24, 2.45) is 7.05 Å². The van der Waals surface area contributed by atoms with E-state index in [1.54, 1.807) is 19.2 Å². The maximum Gasteiger partial charge on any atom is 0.260 e. The summed E-state index contributed by atoms with van der Waals surface area (Å²) in [6.45, 7) is 0. The molecule has 80 valence electrons. The lowest BCUT2D eigenvalue weighted by molar-refractivity contribution is 0.843. The molecule has 1 heterocycles. The van der Waals surface area contributed by atoms with Crippen LogP contribution in [0.3, 0.4) is 0 Å². The zero-order valence-electron chi connectivity index (χ0n) is 8.70. The normalized spacial score (nSPS) is 9.88. The van der Waals surface area contributed by atoms with Gasteiger partial charge in [-0.1, -0.05) is 11.8 Å². The Kier molecular flexibility index (Phi) is 2.93. The number of aromatic nitrogens is 2. The fourth-order valence-electron chi connectivity index (χ4n) is 1.42. The van der Waals surface area contributed by atoms with Gasteiger partial charge in [-0.05, 0) is 18.2 Å². The lowest BCUT2D eigenvalue weighted by atomic mass is 10.1. The lowest BCUT2D eigenvalue weighted by Crippen LogP contribution is -2.16. The van der Waals surface area contributed by atoms with E-state index in [1.807, 2.05) is 6.07 Å². The van der Waals surface area contributed by atoms with Gasteiger partial charge in [0.2, 0.25) is 0 Å². The third-order valence-corrected chi connectivity index (χ3v) is 2.35.